The summed E-state index contributed by atoms with van der Waals surface area (Å²) in [5.41, 5.74) is 0. The molecule has 1 heterocycles. The second-order valence-electron chi connectivity index (χ2n) is 4.60. The first-order valence-corrected chi connectivity index (χ1v) is 6.17. The molecule has 0 aliphatic heterocycles. The highest BCUT2D eigenvalue weighted by Gasteiger charge is 2.28. The standard InChI is InChI=1S/C13H21N2O/c1-2-3-8-14-9-10-15(11-14)12-6-4-5-7-13(12)16/h2,9-13,16H,1,3-8H2/q+1/t12-,13-/m0/s1. The molecule has 2 atom stereocenters. The van der Waals surface area contributed by atoms with E-state index in [2.05, 4.69) is 34.4 Å². The fourth-order valence-corrected chi connectivity index (χ4v) is 2.42. The molecule has 0 radical (unpaired) electrons. The molecule has 0 bridgehead atoms. The number of aromatic nitrogens is 2. The van der Waals surface area contributed by atoms with Crippen molar-refractivity contribution in [1.82, 2.24) is 4.57 Å². The molecule has 0 amide bonds. The fourth-order valence-electron chi connectivity index (χ4n) is 2.42. The third kappa shape index (κ3) is 2.53. The Morgan fingerprint density at radius 3 is 3.00 bits per heavy atom. The van der Waals surface area contributed by atoms with Crippen molar-refractivity contribution in [3.63, 3.8) is 0 Å². The van der Waals surface area contributed by atoms with E-state index in [1.165, 1.54) is 6.42 Å². The number of aliphatic hydroxyl groups is 1. The van der Waals surface area contributed by atoms with Crippen molar-refractivity contribution < 1.29 is 9.67 Å². The van der Waals surface area contributed by atoms with E-state index in [-0.39, 0.29) is 12.1 Å². The number of aryl methyl sites for hydroxylation is 1. The van der Waals surface area contributed by atoms with E-state index in [0.29, 0.717) is 0 Å². The number of allylic oxidation sites excluding steroid dienone is 1. The molecule has 0 saturated heterocycles. The maximum absolute atomic E-state index is 9.96. The Hall–Kier alpha value is -1.09. The molecule has 1 aliphatic rings. The lowest BCUT2D eigenvalue weighted by Gasteiger charge is -2.24. The summed E-state index contributed by atoms with van der Waals surface area (Å²) in [4.78, 5) is 0. The van der Waals surface area contributed by atoms with E-state index < -0.39 is 0 Å². The summed E-state index contributed by atoms with van der Waals surface area (Å²) in [7, 11) is 0. The molecule has 1 N–H and O–H groups in total. The van der Waals surface area contributed by atoms with Gasteiger partial charge in [-0.25, -0.2) is 9.13 Å². The minimum atomic E-state index is -0.172. The van der Waals surface area contributed by atoms with Crippen LogP contribution in [0.2, 0.25) is 0 Å². The second-order valence-corrected chi connectivity index (χ2v) is 4.60. The Bertz CT molecular complexity index is 345. The van der Waals surface area contributed by atoms with Crippen molar-refractivity contribution in [2.45, 2.75) is 50.8 Å². The van der Waals surface area contributed by atoms with Crippen molar-refractivity contribution in [3.05, 3.63) is 31.4 Å². The van der Waals surface area contributed by atoms with Crippen LogP contribution in [-0.2, 0) is 6.54 Å². The first-order chi connectivity index (χ1) is 7.81. The lowest BCUT2D eigenvalue weighted by Crippen LogP contribution is -2.32. The number of imidazole rings is 1. The molecule has 0 unspecified atom stereocenters. The topological polar surface area (TPSA) is 29.0 Å². The average Bonchev–Trinajstić information content (AvgIpc) is 2.75. The molecule has 88 valence electrons. The highest BCUT2D eigenvalue weighted by Crippen LogP contribution is 2.27. The monoisotopic (exact) mass is 221 g/mol. The number of aliphatic hydroxyl groups excluding tert-OH is 1. The van der Waals surface area contributed by atoms with Gasteiger partial charge in [-0.15, -0.1) is 6.58 Å². The van der Waals surface area contributed by atoms with Crippen LogP contribution in [0.3, 0.4) is 0 Å². The van der Waals surface area contributed by atoms with Gasteiger partial charge in [0.25, 0.3) is 0 Å². The lowest BCUT2D eigenvalue weighted by atomic mass is 9.92. The predicted octanol–water partition coefficient (Wildman–Crippen LogP) is 1.83. The van der Waals surface area contributed by atoms with Crippen LogP contribution in [0.15, 0.2) is 31.4 Å². The van der Waals surface area contributed by atoms with Crippen molar-refractivity contribution in [2.24, 2.45) is 0 Å². The smallest absolute Gasteiger partial charge is 0.244 e. The first kappa shape index (κ1) is 11.4. The van der Waals surface area contributed by atoms with Gasteiger partial charge in [-0.05, 0) is 19.3 Å². The van der Waals surface area contributed by atoms with Crippen molar-refractivity contribution in [3.8, 4) is 0 Å². The summed E-state index contributed by atoms with van der Waals surface area (Å²) >= 11 is 0. The van der Waals surface area contributed by atoms with E-state index >= 15 is 0 Å². The average molecular weight is 221 g/mol. The third-order valence-electron chi connectivity index (χ3n) is 3.38. The van der Waals surface area contributed by atoms with Crippen LogP contribution in [0.4, 0.5) is 0 Å². The van der Waals surface area contributed by atoms with Crippen LogP contribution >= 0.6 is 0 Å². The molecule has 2 rings (SSSR count). The summed E-state index contributed by atoms with van der Waals surface area (Å²) in [6, 6.07) is 0.277. The molecular formula is C13H21N2O+. The van der Waals surface area contributed by atoms with E-state index in [1.54, 1.807) is 0 Å². The van der Waals surface area contributed by atoms with Crippen LogP contribution in [0.5, 0.6) is 0 Å². The van der Waals surface area contributed by atoms with Crippen LogP contribution in [0.25, 0.3) is 0 Å². The lowest BCUT2D eigenvalue weighted by molar-refractivity contribution is -0.695. The van der Waals surface area contributed by atoms with Crippen LogP contribution in [0.1, 0.15) is 38.1 Å². The van der Waals surface area contributed by atoms with Gasteiger partial charge in [0, 0.05) is 6.42 Å². The van der Waals surface area contributed by atoms with Gasteiger partial charge < -0.3 is 5.11 Å². The maximum atomic E-state index is 9.96. The fraction of sp³-hybridized carbons (Fsp3) is 0.615. The Balaban J connectivity index is 2.02. The highest BCUT2D eigenvalue weighted by molar-refractivity contribution is 4.83. The Kier molecular flexibility index (Phi) is 3.78. The SMILES string of the molecule is C=CCC[n+]1ccn([C@H]2CCCC[C@@H]2O)c1. The molecule has 3 nitrogen and oxygen atoms in total. The van der Waals surface area contributed by atoms with E-state index in [0.717, 1.165) is 32.2 Å². The van der Waals surface area contributed by atoms with E-state index in [1.807, 2.05) is 6.08 Å². The molecule has 3 heteroatoms. The van der Waals surface area contributed by atoms with Gasteiger partial charge in [0.2, 0.25) is 6.33 Å². The first-order valence-electron chi connectivity index (χ1n) is 6.17. The van der Waals surface area contributed by atoms with E-state index in [4.69, 9.17) is 0 Å². The molecule has 0 spiro atoms. The Morgan fingerprint density at radius 1 is 1.44 bits per heavy atom. The zero-order valence-corrected chi connectivity index (χ0v) is 9.76. The van der Waals surface area contributed by atoms with Gasteiger partial charge in [-0.2, -0.15) is 0 Å². The molecule has 16 heavy (non-hydrogen) atoms. The molecular weight excluding hydrogens is 200 g/mol. The highest BCUT2D eigenvalue weighted by atomic mass is 16.3. The van der Waals surface area contributed by atoms with Crippen LogP contribution in [-0.4, -0.2) is 15.8 Å². The van der Waals surface area contributed by atoms with Gasteiger partial charge in [0.05, 0.1) is 12.6 Å². The number of hydrogen-bond donors (Lipinski definition) is 1. The quantitative estimate of drug-likeness (QED) is 0.610. The van der Waals surface area contributed by atoms with Crippen molar-refractivity contribution in [1.29, 1.82) is 0 Å². The van der Waals surface area contributed by atoms with Gasteiger partial charge in [-0.3, -0.25) is 0 Å². The Morgan fingerprint density at radius 2 is 2.25 bits per heavy atom. The molecule has 1 aliphatic carbocycles. The molecule has 1 aromatic heterocycles. The van der Waals surface area contributed by atoms with Crippen LogP contribution in [0, 0.1) is 0 Å². The third-order valence-corrected chi connectivity index (χ3v) is 3.38. The van der Waals surface area contributed by atoms with Crippen molar-refractivity contribution >= 4 is 0 Å². The predicted molar refractivity (Wildman–Crippen MR) is 63.0 cm³/mol. The second kappa shape index (κ2) is 5.30. The van der Waals surface area contributed by atoms with Gasteiger partial charge in [0.15, 0.2) is 0 Å². The minimum Gasteiger partial charge on any atom is -0.389 e. The van der Waals surface area contributed by atoms with E-state index in [9.17, 15) is 5.11 Å². The summed E-state index contributed by atoms with van der Waals surface area (Å²) in [5.74, 6) is 0. The van der Waals surface area contributed by atoms with Gasteiger partial charge in [0.1, 0.15) is 18.4 Å². The van der Waals surface area contributed by atoms with Crippen LogP contribution < -0.4 is 4.57 Å². The molecule has 0 aromatic carbocycles. The largest absolute Gasteiger partial charge is 0.389 e. The Labute approximate surface area is 97.0 Å². The normalized spacial score (nSPS) is 25.6. The summed E-state index contributed by atoms with van der Waals surface area (Å²) < 4.78 is 4.32. The summed E-state index contributed by atoms with van der Waals surface area (Å²) in [5, 5.41) is 9.96. The van der Waals surface area contributed by atoms with Crippen molar-refractivity contribution in [2.75, 3.05) is 0 Å². The zero-order chi connectivity index (χ0) is 11.4. The number of hydrogen-bond acceptors (Lipinski definition) is 1. The minimum absolute atomic E-state index is 0.172. The molecule has 1 fully saturated rings. The number of rotatable bonds is 4. The van der Waals surface area contributed by atoms with Gasteiger partial charge >= 0.3 is 0 Å². The maximum Gasteiger partial charge on any atom is 0.244 e. The van der Waals surface area contributed by atoms with Gasteiger partial charge in [-0.1, -0.05) is 12.5 Å². The molecule has 1 aromatic rings. The summed E-state index contributed by atoms with van der Waals surface area (Å²) in [6.45, 7) is 4.70. The molecule has 1 saturated carbocycles. The summed E-state index contributed by atoms with van der Waals surface area (Å²) in [6.07, 6.45) is 13.4. The number of nitrogens with zero attached hydrogens (tertiary/aromatic N) is 2. The zero-order valence-electron chi connectivity index (χ0n) is 9.76.